The number of aromatic hydroxyl groups is 1. The zero-order valence-electron chi connectivity index (χ0n) is 18.6. The molecule has 0 bridgehead atoms. The number of amides is 2. The predicted molar refractivity (Wildman–Crippen MR) is 130 cm³/mol. The Labute approximate surface area is 207 Å². The number of phenols is 1. The summed E-state index contributed by atoms with van der Waals surface area (Å²) in [5, 5.41) is 19.4. The number of aliphatic carboxylic acids is 1. The Morgan fingerprint density at radius 3 is 2.44 bits per heavy atom. The minimum atomic E-state index is -1.19. The van der Waals surface area contributed by atoms with Crippen molar-refractivity contribution in [2.45, 2.75) is 57.4 Å². The fourth-order valence-corrected chi connectivity index (χ4v) is 4.02. The van der Waals surface area contributed by atoms with Crippen LogP contribution < -0.4 is 0 Å². The molecule has 1 aromatic rings. The molecule has 8 nitrogen and oxygen atoms in total. The van der Waals surface area contributed by atoms with E-state index in [1.807, 2.05) is 6.92 Å². The average molecular weight is 509 g/mol. The van der Waals surface area contributed by atoms with E-state index in [0.717, 1.165) is 10.5 Å². The molecule has 1 aromatic carbocycles. The fourth-order valence-electron chi connectivity index (χ4n) is 3.78. The first kappa shape index (κ1) is 27.3. The minimum Gasteiger partial charge on any atom is -0.508 e. The van der Waals surface area contributed by atoms with Crippen LogP contribution in [0, 0.1) is 0 Å². The van der Waals surface area contributed by atoms with Crippen molar-refractivity contribution in [1.29, 1.82) is 0 Å². The summed E-state index contributed by atoms with van der Waals surface area (Å²) in [5.74, 6) is -2.08. The molecule has 1 heterocycles. The Morgan fingerprint density at radius 2 is 1.85 bits per heavy atom. The SMILES string of the molecule is CC(CCCCC(C(=O)O)N1C(=O)CCC1=O)c1cc(O)ccc1N=C(C=CCl)C=C(Cl)C=O. The van der Waals surface area contributed by atoms with Crippen LogP contribution in [0.5, 0.6) is 5.75 Å². The number of aldehydes is 1. The number of carboxylic acids is 1. The molecule has 0 aliphatic carbocycles. The lowest BCUT2D eigenvalue weighted by molar-refractivity contribution is -0.154. The number of aliphatic imine (C=N–C) groups is 1. The Hall–Kier alpha value is -2.97. The third-order valence-corrected chi connectivity index (χ3v) is 5.80. The van der Waals surface area contributed by atoms with E-state index in [1.54, 1.807) is 12.1 Å². The number of hydrogen-bond acceptors (Lipinski definition) is 6. The van der Waals surface area contributed by atoms with E-state index in [4.69, 9.17) is 23.2 Å². The van der Waals surface area contributed by atoms with E-state index in [0.29, 0.717) is 36.9 Å². The van der Waals surface area contributed by atoms with Gasteiger partial charge in [0, 0.05) is 18.4 Å². The molecule has 2 amide bonds. The second-order valence-corrected chi connectivity index (χ2v) is 8.60. The van der Waals surface area contributed by atoms with Crippen molar-refractivity contribution in [2.24, 2.45) is 4.99 Å². The van der Waals surface area contributed by atoms with Gasteiger partial charge < -0.3 is 10.2 Å². The third kappa shape index (κ3) is 7.53. The van der Waals surface area contributed by atoms with Gasteiger partial charge in [-0.25, -0.2) is 9.79 Å². The number of likely N-dealkylation sites (tertiary alicyclic amines) is 1. The summed E-state index contributed by atoms with van der Waals surface area (Å²) in [5.41, 5.74) is 2.88. The molecule has 182 valence electrons. The Balaban J connectivity index is 2.12. The zero-order chi connectivity index (χ0) is 25.3. The molecule has 2 N–H and O–H groups in total. The Kier molecular flexibility index (Phi) is 10.5. The van der Waals surface area contributed by atoms with Crippen molar-refractivity contribution in [3.8, 4) is 5.75 Å². The van der Waals surface area contributed by atoms with E-state index in [2.05, 4.69) is 4.99 Å². The molecule has 2 atom stereocenters. The van der Waals surface area contributed by atoms with Crippen LogP contribution in [0.15, 0.2) is 45.9 Å². The molecule has 0 spiro atoms. The van der Waals surface area contributed by atoms with Crippen LogP contribution in [0.4, 0.5) is 5.69 Å². The van der Waals surface area contributed by atoms with Gasteiger partial charge >= 0.3 is 5.97 Å². The van der Waals surface area contributed by atoms with Crippen LogP contribution in [0.3, 0.4) is 0 Å². The van der Waals surface area contributed by atoms with Crippen molar-refractivity contribution in [1.82, 2.24) is 4.90 Å². The quantitative estimate of drug-likeness (QED) is 0.137. The van der Waals surface area contributed by atoms with Crippen LogP contribution in [0.1, 0.15) is 56.9 Å². The van der Waals surface area contributed by atoms with Gasteiger partial charge in [0.15, 0.2) is 6.29 Å². The van der Waals surface area contributed by atoms with Gasteiger partial charge in [0.05, 0.1) is 16.4 Å². The molecule has 1 saturated heterocycles. The van der Waals surface area contributed by atoms with Crippen molar-refractivity contribution in [3.05, 3.63) is 46.5 Å². The molecule has 0 saturated carbocycles. The standard InChI is InChI=1S/C24H26Cl2N2O6/c1-15(4-2-3-5-21(24(33)34)28-22(31)8-9-23(28)32)19-13-18(30)6-7-20(19)27-17(10-11-25)12-16(26)14-29/h6-7,10-15,21,30H,2-5,8-9H2,1H3,(H,33,34). The van der Waals surface area contributed by atoms with E-state index in [9.17, 15) is 29.4 Å². The number of imide groups is 1. The average Bonchev–Trinajstić information content (AvgIpc) is 3.12. The molecule has 2 unspecified atom stereocenters. The van der Waals surface area contributed by atoms with E-state index < -0.39 is 23.8 Å². The van der Waals surface area contributed by atoms with E-state index >= 15 is 0 Å². The highest BCUT2D eigenvalue weighted by Gasteiger charge is 2.38. The van der Waals surface area contributed by atoms with Crippen LogP contribution in [0.2, 0.25) is 0 Å². The topological polar surface area (TPSA) is 124 Å². The smallest absolute Gasteiger partial charge is 0.326 e. The number of nitrogens with zero attached hydrogens (tertiary/aromatic N) is 2. The number of allylic oxidation sites excluding steroid dienone is 3. The van der Waals surface area contributed by atoms with Gasteiger partial charge in [0.25, 0.3) is 0 Å². The lowest BCUT2D eigenvalue weighted by Crippen LogP contribution is -2.44. The van der Waals surface area contributed by atoms with Crippen LogP contribution in [0.25, 0.3) is 0 Å². The fraction of sp³-hybridized carbons (Fsp3) is 0.375. The van der Waals surface area contributed by atoms with Crippen LogP contribution in [-0.4, -0.2) is 50.9 Å². The van der Waals surface area contributed by atoms with Gasteiger partial charge in [-0.2, -0.15) is 0 Å². The van der Waals surface area contributed by atoms with Gasteiger partial charge in [-0.1, -0.05) is 43.0 Å². The number of rotatable bonds is 12. The summed E-state index contributed by atoms with van der Waals surface area (Å²) in [6.45, 7) is 1.95. The number of hydrogen-bond donors (Lipinski definition) is 2. The maximum atomic E-state index is 11.9. The highest BCUT2D eigenvalue weighted by Crippen LogP contribution is 2.34. The molecular weight excluding hydrogens is 483 g/mol. The maximum Gasteiger partial charge on any atom is 0.326 e. The number of unbranched alkanes of at least 4 members (excludes halogenated alkanes) is 1. The van der Waals surface area contributed by atoms with E-state index in [1.165, 1.54) is 23.8 Å². The molecule has 1 aliphatic rings. The normalized spacial score (nSPS) is 16.9. The summed E-state index contributed by atoms with van der Waals surface area (Å²) in [7, 11) is 0. The van der Waals surface area contributed by atoms with Gasteiger partial charge in [0.2, 0.25) is 11.8 Å². The molecular formula is C24H26Cl2N2O6. The lowest BCUT2D eigenvalue weighted by Gasteiger charge is -2.22. The molecule has 1 aliphatic heterocycles. The van der Waals surface area contributed by atoms with E-state index in [-0.39, 0.29) is 36.0 Å². The van der Waals surface area contributed by atoms with Gasteiger partial charge in [0.1, 0.15) is 11.8 Å². The summed E-state index contributed by atoms with van der Waals surface area (Å²) >= 11 is 11.5. The predicted octanol–water partition coefficient (Wildman–Crippen LogP) is 4.80. The number of carbonyl (C=O) groups is 4. The monoisotopic (exact) mass is 508 g/mol. The first-order valence-corrected chi connectivity index (χ1v) is 11.6. The first-order valence-electron chi connectivity index (χ1n) is 10.8. The minimum absolute atomic E-state index is 0.0502. The van der Waals surface area contributed by atoms with Crippen LogP contribution in [-0.2, 0) is 19.2 Å². The molecule has 1 fully saturated rings. The number of phenolic OH excluding ortho intramolecular Hbond substituents is 1. The van der Waals surface area contributed by atoms with Gasteiger partial charge in [-0.05, 0) is 54.7 Å². The summed E-state index contributed by atoms with van der Waals surface area (Å²) < 4.78 is 0. The second kappa shape index (κ2) is 13.1. The first-order chi connectivity index (χ1) is 16.2. The molecule has 0 radical (unpaired) electrons. The largest absolute Gasteiger partial charge is 0.508 e. The van der Waals surface area contributed by atoms with Crippen LogP contribution >= 0.6 is 23.2 Å². The second-order valence-electron chi connectivity index (χ2n) is 7.92. The third-order valence-electron chi connectivity index (χ3n) is 5.48. The maximum absolute atomic E-state index is 11.9. The summed E-state index contributed by atoms with van der Waals surface area (Å²) in [6.07, 6.45) is 5.36. The molecule has 34 heavy (non-hydrogen) atoms. The number of carboxylic acid groups (broad SMARTS) is 1. The van der Waals surface area contributed by atoms with Crippen molar-refractivity contribution < 1.29 is 29.4 Å². The number of benzene rings is 1. The molecule has 0 aromatic heterocycles. The van der Waals surface area contributed by atoms with Crippen molar-refractivity contribution in [2.75, 3.05) is 0 Å². The zero-order valence-corrected chi connectivity index (χ0v) is 20.1. The molecule has 2 rings (SSSR count). The highest BCUT2D eigenvalue weighted by atomic mass is 35.5. The van der Waals surface area contributed by atoms with Gasteiger partial charge in [-0.15, -0.1) is 0 Å². The number of halogens is 2. The molecule has 10 heteroatoms. The summed E-state index contributed by atoms with van der Waals surface area (Å²) in [4.78, 5) is 51.7. The highest BCUT2D eigenvalue weighted by molar-refractivity contribution is 6.40. The summed E-state index contributed by atoms with van der Waals surface area (Å²) in [6, 6.07) is 3.57. The Bertz CT molecular complexity index is 1020. The van der Waals surface area contributed by atoms with Gasteiger partial charge in [-0.3, -0.25) is 19.3 Å². The lowest BCUT2D eigenvalue weighted by atomic mass is 9.92. The van der Waals surface area contributed by atoms with Crippen molar-refractivity contribution >= 4 is 58.7 Å². The number of carbonyl (C=O) groups excluding carboxylic acids is 3. The van der Waals surface area contributed by atoms with Crippen molar-refractivity contribution in [3.63, 3.8) is 0 Å². The Morgan fingerprint density at radius 1 is 1.21 bits per heavy atom.